The van der Waals surface area contributed by atoms with Gasteiger partial charge in [-0.1, -0.05) is 17.7 Å². The third-order valence-electron chi connectivity index (χ3n) is 3.79. The van der Waals surface area contributed by atoms with Crippen LogP contribution in [0.15, 0.2) is 58.7 Å². The molecule has 0 spiro atoms. The van der Waals surface area contributed by atoms with Crippen LogP contribution in [0.1, 0.15) is 11.1 Å². The van der Waals surface area contributed by atoms with Crippen molar-refractivity contribution >= 4 is 27.8 Å². The molecule has 11 heteroatoms. The fourth-order valence-electron chi connectivity index (χ4n) is 2.30. The zero-order chi connectivity index (χ0) is 21.7. The van der Waals surface area contributed by atoms with Gasteiger partial charge in [0.25, 0.3) is 15.9 Å². The molecule has 0 unspecified atom stereocenters. The number of nitrogens with zero attached hydrogens (tertiary/aromatic N) is 3. The van der Waals surface area contributed by atoms with Crippen LogP contribution in [0.3, 0.4) is 0 Å². The van der Waals surface area contributed by atoms with Crippen molar-refractivity contribution in [1.82, 2.24) is 14.8 Å². The van der Waals surface area contributed by atoms with E-state index in [4.69, 9.17) is 21.1 Å². The van der Waals surface area contributed by atoms with Crippen LogP contribution in [0.25, 0.3) is 0 Å². The lowest BCUT2D eigenvalue weighted by Gasteiger charge is -2.10. The van der Waals surface area contributed by atoms with Crippen LogP contribution in [0, 0.1) is 12.7 Å². The Balaban J connectivity index is 1.76. The third-order valence-corrected chi connectivity index (χ3v) is 5.22. The minimum absolute atomic E-state index is 0.0946. The minimum Gasteiger partial charge on any atom is -0.493 e. The summed E-state index contributed by atoms with van der Waals surface area (Å²) in [5.41, 5.74) is 1.45. The summed E-state index contributed by atoms with van der Waals surface area (Å²) in [7, 11) is -2.40. The van der Waals surface area contributed by atoms with E-state index in [0.29, 0.717) is 5.56 Å². The van der Waals surface area contributed by atoms with E-state index >= 15 is 0 Å². The number of sulfonamides is 1. The van der Waals surface area contributed by atoms with Gasteiger partial charge in [-0.25, -0.2) is 9.82 Å². The Morgan fingerprint density at radius 1 is 1.17 bits per heavy atom. The van der Waals surface area contributed by atoms with Crippen molar-refractivity contribution in [2.75, 3.05) is 7.11 Å². The number of ether oxygens (including phenoxy) is 2. The lowest BCUT2D eigenvalue weighted by molar-refractivity contribution is 0.363. The Hall–Kier alpha value is -3.24. The Morgan fingerprint density at radius 2 is 1.90 bits per heavy atom. The standard InChI is InChI=1S/C19H16ClFN4O4S/c1-12-3-6-14(7-4-12)30(26,27)25-23-10-13-5-8-16(17(9-13)28-2)29-18-15(21)11-22-19(20)24-18/h3-11,25H,1-2H3/b23-10-. The maximum Gasteiger partial charge on any atom is 0.276 e. The van der Waals surface area contributed by atoms with Crippen molar-refractivity contribution in [3.05, 3.63) is 70.9 Å². The molecule has 0 amide bonds. The van der Waals surface area contributed by atoms with E-state index in [1.54, 1.807) is 18.2 Å². The summed E-state index contributed by atoms with van der Waals surface area (Å²) in [4.78, 5) is 9.42. The van der Waals surface area contributed by atoms with Crippen LogP contribution in [-0.4, -0.2) is 31.7 Å². The zero-order valence-corrected chi connectivity index (χ0v) is 17.4. The first-order valence-electron chi connectivity index (χ1n) is 8.44. The van der Waals surface area contributed by atoms with Gasteiger partial charge in [0.15, 0.2) is 11.5 Å². The second-order valence-corrected chi connectivity index (χ2v) is 7.97. The van der Waals surface area contributed by atoms with Crippen molar-refractivity contribution < 1.29 is 22.3 Å². The summed E-state index contributed by atoms with van der Waals surface area (Å²) >= 11 is 5.65. The van der Waals surface area contributed by atoms with E-state index in [1.165, 1.54) is 37.6 Å². The summed E-state index contributed by atoms with van der Waals surface area (Å²) in [5.74, 6) is -0.740. The Morgan fingerprint density at radius 3 is 2.60 bits per heavy atom. The predicted octanol–water partition coefficient (Wildman–Crippen LogP) is 3.69. The monoisotopic (exact) mass is 450 g/mol. The van der Waals surface area contributed by atoms with Crippen molar-refractivity contribution in [2.24, 2.45) is 5.10 Å². The summed E-state index contributed by atoms with van der Waals surface area (Å²) in [6.07, 6.45) is 2.18. The molecule has 156 valence electrons. The molecule has 1 heterocycles. The van der Waals surface area contributed by atoms with Crippen LogP contribution in [0.5, 0.6) is 17.4 Å². The first-order chi connectivity index (χ1) is 14.3. The molecule has 0 bridgehead atoms. The molecule has 1 N–H and O–H groups in total. The van der Waals surface area contributed by atoms with Gasteiger partial charge in [0.2, 0.25) is 11.1 Å². The van der Waals surface area contributed by atoms with Gasteiger partial charge in [0.05, 0.1) is 24.4 Å². The minimum atomic E-state index is -3.79. The number of benzene rings is 2. The number of aryl methyl sites for hydroxylation is 1. The van der Waals surface area contributed by atoms with Crippen LogP contribution >= 0.6 is 11.6 Å². The van der Waals surface area contributed by atoms with Crippen LogP contribution in [0.2, 0.25) is 5.28 Å². The molecule has 3 aromatic rings. The number of halogens is 2. The summed E-state index contributed by atoms with van der Waals surface area (Å²) in [6, 6.07) is 10.9. The Bertz CT molecular complexity index is 1190. The van der Waals surface area contributed by atoms with E-state index in [2.05, 4.69) is 19.9 Å². The molecule has 30 heavy (non-hydrogen) atoms. The van der Waals surface area contributed by atoms with Crippen molar-refractivity contribution in [2.45, 2.75) is 11.8 Å². The molecular weight excluding hydrogens is 435 g/mol. The van der Waals surface area contributed by atoms with E-state index < -0.39 is 15.8 Å². The molecule has 8 nitrogen and oxygen atoms in total. The zero-order valence-electron chi connectivity index (χ0n) is 15.8. The molecule has 2 aromatic carbocycles. The molecule has 0 atom stereocenters. The SMILES string of the molecule is COc1cc(/C=N\NS(=O)(=O)c2ccc(C)cc2)ccc1Oc1nc(Cl)ncc1F. The Labute approximate surface area is 177 Å². The summed E-state index contributed by atoms with van der Waals surface area (Å²) < 4.78 is 48.9. The van der Waals surface area contributed by atoms with Gasteiger partial charge in [0, 0.05) is 0 Å². The first-order valence-corrected chi connectivity index (χ1v) is 10.3. The lowest BCUT2D eigenvalue weighted by Crippen LogP contribution is -2.18. The molecule has 0 fully saturated rings. The number of methoxy groups -OCH3 is 1. The highest BCUT2D eigenvalue weighted by Gasteiger charge is 2.14. The smallest absolute Gasteiger partial charge is 0.276 e. The molecule has 1 aromatic heterocycles. The second kappa shape index (κ2) is 9.06. The normalized spacial score (nSPS) is 11.5. The number of hydrazone groups is 1. The highest BCUT2D eigenvalue weighted by molar-refractivity contribution is 7.89. The van der Waals surface area contributed by atoms with Crippen LogP contribution in [-0.2, 0) is 10.0 Å². The number of rotatable bonds is 7. The van der Waals surface area contributed by atoms with E-state index in [9.17, 15) is 12.8 Å². The van der Waals surface area contributed by atoms with Gasteiger partial charge >= 0.3 is 0 Å². The van der Waals surface area contributed by atoms with Crippen LogP contribution < -0.4 is 14.3 Å². The van der Waals surface area contributed by atoms with Crippen molar-refractivity contribution in [3.63, 3.8) is 0 Å². The number of hydrogen-bond donors (Lipinski definition) is 1. The van der Waals surface area contributed by atoms with E-state index in [0.717, 1.165) is 11.8 Å². The highest BCUT2D eigenvalue weighted by Crippen LogP contribution is 2.32. The fourth-order valence-corrected chi connectivity index (χ4v) is 3.21. The topological polar surface area (TPSA) is 103 Å². The summed E-state index contributed by atoms with van der Waals surface area (Å²) in [6.45, 7) is 1.86. The molecule has 0 aliphatic heterocycles. The van der Waals surface area contributed by atoms with Gasteiger partial charge in [-0.2, -0.15) is 22.9 Å². The second-order valence-electron chi connectivity index (χ2n) is 5.97. The van der Waals surface area contributed by atoms with E-state index in [-0.39, 0.29) is 27.6 Å². The van der Waals surface area contributed by atoms with Gasteiger partial charge in [-0.3, -0.25) is 0 Å². The maximum atomic E-state index is 13.8. The average Bonchev–Trinajstić information content (AvgIpc) is 2.72. The van der Waals surface area contributed by atoms with Crippen molar-refractivity contribution in [1.29, 1.82) is 0 Å². The maximum absolute atomic E-state index is 13.8. The Kier molecular flexibility index (Phi) is 6.48. The van der Waals surface area contributed by atoms with Gasteiger partial charge < -0.3 is 9.47 Å². The highest BCUT2D eigenvalue weighted by atomic mass is 35.5. The first kappa shape index (κ1) is 21.5. The number of aromatic nitrogens is 2. The molecule has 0 aliphatic rings. The predicted molar refractivity (Wildman–Crippen MR) is 109 cm³/mol. The molecule has 0 saturated carbocycles. The molecular formula is C19H16ClFN4O4S. The van der Waals surface area contributed by atoms with Gasteiger partial charge in [-0.15, -0.1) is 0 Å². The average molecular weight is 451 g/mol. The molecule has 0 aliphatic carbocycles. The molecule has 0 saturated heterocycles. The molecule has 3 rings (SSSR count). The third kappa shape index (κ3) is 5.22. The van der Waals surface area contributed by atoms with E-state index in [1.807, 2.05) is 6.92 Å². The molecule has 0 radical (unpaired) electrons. The van der Waals surface area contributed by atoms with Crippen LogP contribution in [0.4, 0.5) is 4.39 Å². The quantitative estimate of drug-likeness (QED) is 0.334. The fraction of sp³-hybridized carbons (Fsp3) is 0.105. The largest absolute Gasteiger partial charge is 0.493 e. The number of hydrogen-bond acceptors (Lipinski definition) is 7. The number of nitrogens with one attached hydrogen (secondary N) is 1. The van der Waals surface area contributed by atoms with Crippen molar-refractivity contribution in [3.8, 4) is 17.4 Å². The van der Waals surface area contributed by atoms with Gasteiger partial charge in [-0.05, 0) is 54.4 Å². The lowest BCUT2D eigenvalue weighted by atomic mass is 10.2. The van der Waals surface area contributed by atoms with Gasteiger partial charge in [0.1, 0.15) is 0 Å². The summed E-state index contributed by atoms with van der Waals surface area (Å²) in [5, 5.41) is 3.60.